The minimum atomic E-state index is -0.971. The average molecular weight is 501 g/mol. The third-order valence-electron chi connectivity index (χ3n) is 11.6. The molecule has 0 saturated heterocycles. The number of aliphatic carboxylic acids is 1. The van der Waals surface area contributed by atoms with Crippen LogP contribution in [0, 0.1) is 45.3 Å². The summed E-state index contributed by atoms with van der Waals surface area (Å²) < 4.78 is 0. The first kappa shape index (κ1) is 27.2. The zero-order valence-corrected chi connectivity index (χ0v) is 23.1. The highest BCUT2D eigenvalue weighted by Gasteiger charge is 2.68. The fourth-order valence-electron chi connectivity index (χ4n) is 9.26. The van der Waals surface area contributed by atoms with E-state index in [2.05, 4.69) is 20.8 Å². The van der Waals surface area contributed by atoms with Crippen LogP contribution in [-0.4, -0.2) is 39.6 Å². The Kier molecular flexibility index (Phi) is 6.51. The Balaban J connectivity index is 1.70. The molecule has 2 fully saturated rings. The van der Waals surface area contributed by atoms with Gasteiger partial charge in [-0.3, -0.25) is 19.2 Å². The molecular formula is C30H44O6. The summed E-state index contributed by atoms with van der Waals surface area (Å²) in [5, 5.41) is 20.8. The van der Waals surface area contributed by atoms with Crippen molar-refractivity contribution in [3.63, 3.8) is 0 Å². The highest BCUT2D eigenvalue weighted by atomic mass is 16.4. The molecule has 4 aliphatic rings. The van der Waals surface area contributed by atoms with Crippen molar-refractivity contribution in [1.82, 2.24) is 0 Å². The van der Waals surface area contributed by atoms with Gasteiger partial charge in [0, 0.05) is 47.5 Å². The number of aliphatic hydroxyl groups is 1. The van der Waals surface area contributed by atoms with Gasteiger partial charge in [0.2, 0.25) is 0 Å². The van der Waals surface area contributed by atoms with Crippen molar-refractivity contribution in [3.05, 3.63) is 11.1 Å². The average Bonchev–Trinajstić information content (AvgIpc) is 2.97. The summed E-state index contributed by atoms with van der Waals surface area (Å²) in [6.07, 6.45) is 3.25. The monoisotopic (exact) mass is 500 g/mol. The van der Waals surface area contributed by atoms with Crippen molar-refractivity contribution in [1.29, 1.82) is 0 Å². The van der Waals surface area contributed by atoms with Crippen LogP contribution in [0.1, 0.15) is 99.8 Å². The maximum absolute atomic E-state index is 14.0. The SMILES string of the molecule is C[C@H](CC(=O)C[C@@H](C)[C@H]1C[C@@H](O)[C@@]2(C)C3=C(C(=O)C[C@]12C)[C@@]1(C)CCC(=O)C(C)(C)[C@@H]1CC3)C(=O)O. The first-order valence-electron chi connectivity index (χ1n) is 13.7. The quantitative estimate of drug-likeness (QED) is 0.521. The van der Waals surface area contributed by atoms with E-state index in [1.807, 2.05) is 20.8 Å². The molecule has 6 nitrogen and oxygen atoms in total. The number of fused-ring (bicyclic) bond motifs is 4. The molecule has 0 bridgehead atoms. The summed E-state index contributed by atoms with van der Waals surface area (Å²) >= 11 is 0. The number of hydrogen-bond donors (Lipinski definition) is 2. The lowest BCUT2D eigenvalue weighted by atomic mass is 9.43. The van der Waals surface area contributed by atoms with Gasteiger partial charge in [-0.1, -0.05) is 54.0 Å². The molecule has 200 valence electrons. The molecule has 0 radical (unpaired) electrons. The zero-order valence-electron chi connectivity index (χ0n) is 23.1. The second kappa shape index (κ2) is 8.61. The molecule has 2 saturated carbocycles. The van der Waals surface area contributed by atoms with Crippen LogP contribution in [0.3, 0.4) is 0 Å². The highest BCUT2D eigenvalue weighted by Crippen LogP contribution is 2.71. The Labute approximate surface area is 215 Å². The van der Waals surface area contributed by atoms with Gasteiger partial charge in [0.25, 0.3) is 0 Å². The van der Waals surface area contributed by atoms with E-state index in [4.69, 9.17) is 0 Å². The van der Waals surface area contributed by atoms with Gasteiger partial charge in [0.05, 0.1) is 12.0 Å². The molecule has 0 heterocycles. The van der Waals surface area contributed by atoms with Gasteiger partial charge in [0.15, 0.2) is 5.78 Å². The molecule has 0 spiro atoms. The number of carboxylic acids is 1. The smallest absolute Gasteiger partial charge is 0.306 e. The highest BCUT2D eigenvalue weighted by molar-refractivity contribution is 6.00. The van der Waals surface area contributed by atoms with Gasteiger partial charge >= 0.3 is 5.97 Å². The van der Waals surface area contributed by atoms with Crippen molar-refractivity contribution in [2.45, 2.75) is 106 Å². The summed E-state index contributed by atoms with van der Waals surface area (Å²) in [5.74, 6) is -1.29. The summed E-state index contributed by atoms with van der Waals surface area (Å²) in [4.78, 5) is 50.8. The Morgan fingerprint density at radius 3 is 2.28 bits per heavy atom. The number of carboxylic acid groups (broad SMARTS) is 1. The molecule has 8 atom stereocenters. The number of ketones is 3. The Bertz CT molecular complexity index is 1040. The summed E-state index contributed by atoms with van der Waals surface area (Å²) in [6.45, 7) is 14.1. The van der Waals surface area contributed by atoms with E-state index in [9.17, 15) is 29.4 Å². The maximum Gasteiger partial charge on any atom is 0.306 e. The largest absolute Gasteiger partial charge is 0.481 e. The Hall–Kier alpha value is -1.82. The lowest BCUT2D eigenvalue weighted by molar-refractivity contribution is -0.143. The van der Waals surface area contributed by atoms with E-state index >= 15 is 0 Å². The van der Waals surface area contributed by atoms with Gasteiger partial charge in [-0.05, 0) is 48.9 Å². The second-order valence-electron chi connectivity index (χ2n) is 13.7. The fraction of sp³-hybridized carbons (Fsp3) is 0.800. The molecule has 0 aromatic heterocycles. The van der Waals surface area contributed by atoms with Gasteiger partial charge in [-0.2, -0.15) is 0 Å². The van der Waals surface area contributed by atoms with Crippen LogP contribution in [0.15, 0.2) is 11.1 Å². The van der Waals surface area contributed by atoms with Crippen LogP contribution in [0.4, 0.5) is 0 Å². The second-order valence-corrected chi connectivity index (χ2v) is 13.7. The predicted molar refractivity (Wildman–Crippen MR) is 136 cm³/mol. The Morgan fingerprint density at radius 2 is 1.67 bits per heavy atom. The minimum absolute atomic E-state index is 0.00537. The standard InChI is InChI=1S/C30H44O6/c1-16(12-18(31)13-17(2)26(35)36)20-14-24(34)30(7)19-8-9-22-27(3,4)23(33)10-11-28(22,5)25(19)21(32)15-29(20,30)6/h16-17,20,22,24,34H,8-15H2,1-7H3,(H,35,36)/t16-,17-,20-,22+,24-,28+,29-,30-/m1/s1. The molecular weight excluding hydrogens is 456 g/mol. The zero-order chi connectivity index (χ0) is 27.0. The predicted octanol–water partition coefficient (Wildman–Crippen LogP) is 5.16. The van der Waals surface area contributed by atoms with E-state index in [1.165, 1.54) is 0 Å². The summed E-state index contributed by atoms with van der Waals surface area (Å²) in [6, 6.07) is 0. The molecule has 0 aromatic rings. The van der Waals surface area contributed by atoms with E-state index in [0.29, 0.717) is 25.7 Å². The molecule has 0 aromatic carbocycles. The molecule has 36 heavy (non-hydrogen) atoms. The molecule has 0 aliphatic heterocycles. The van der Waals surface area contributed by atoms with Gasteiger partial charge < -0.3 is 10.2 Å². The summed E-state index contributed by atoms with van der Waals surface area (Å²) in [7, 11) is 0. The molecule has 4 aliphatic carbocycles. The maximum atomic E-state index is 14.0. The van der Waals surface area contributed by atoms with Crippen LogP contribution in [0.25, 0.3) is 0 Å². The number of Topliss-reactive ketones (excluding diaryl/α,β-unsaturated/α-hetero) is 3. The van der Waals surface area contributed by atoms with Crippen LogP contribution in [-0.2, 0) is 19.2 Å². The third-order valence-corrected chi connectivity index (χ3v) is 11.6. The topological polar surface area (TPSA) is 109 Å². The van der Waals surface area contributed by atoms with Gasteiger partial charge in [-0.25, -0.2) is 0 Å². The van der Waals surface area contributed by atoms with Crippen LogP contribution < -0.4 is 0 Å². The first-order chi connectivity index (χ1) is 16.5. The number of hydrogen-bond acceptors (Lipinski definition) is 5. The van der Waals surface area contributed by atoms with E-state index in [-0.39, 0.29) is 53.4 Å². The summed E-state index contributed by atoms with van der Waals surface area (Å²) in [5.41, 5.74) is 0.108. The van der Waals surface area contributed by atoms with E-state index < -0.39 is 34.2 Å². The molecule has 6 heteroatoms. The number of aliphatic hydroxyl groups excluding tert-OH is 1. The van der Waals surface area contributed by atoms with Crippen molar-refractivity contribution >= 4 is 23.3 Å². The van der Waals surface area contributed by atoms with Crippen molar-refractivity contribution < 1.29 is 29.4 Å². The number of carbonyl (C=O) groups excluding carboxylic acids is 3. The van der Waals surface area contributed by atoms with E-state index in [0.717, 1.165) is 24.0 Å². The normalized spacial score (nSPS) is 41.3. The fourth-order valence-corrected chi connectivity index (χ4v) is 9.26. The first-order valence-corrected chi connectivity index (χ1v) is 13.7. The van der Waals surface area contributed by atoms with Crippen LogP contribution in [0.2, 0.25) is 0 Å². The van der Waals surface area contributed by atoms with Crippen LogP contribution in [0.5, 0.6) is 0 Å². The van der Waals surface area contributed by atoms with Crippen molar-refractivity contribution in [2.75, 3.05) is 0 Å². The minimum Gasteiger partial charge on any atom is -0.481 e. The lowest BCUT2D eigenvalue weighted by Crippen LogP contribution is -2.57. The molecule has 0 amide bonds. The van der Waals surface area contributed by atoms with Gasteiger partial charge in [0.1, 0.15) is 11.6 Å². The van der Waals surface area contributed by atoms with Gasteiger partial charge in [-0.15, -0.1) is 0 Å². The third kappa shape index (κ3) is 3.60. The van der Waals surface area contributed by atoms with E-state index in [1.54, 1.807) is 6.92 Å². The number of carbonyl (C=O) groups is 4. The lowest BCUT2D eigenvalue weighted by Gasteiger charge is -2.60. The van der Waals surface area contributed by atoms with Crippen molar-refractivity contribution in [2.24, 2.45) is 45.3 Å². The molecule has 2 N–H and O–H groups in total. The molecule has 0 unspecified atom stereocenters. The Morgan fingerprint density at radius 1 is 1.03 bits per heavy atom. The van der Waals surface area contributed by atoms with Crippen molar-refractivity contribution in [3.8, 4) is 0 Å². The van der Waals surface area contributed by atoms with Crippen LogP contribution >= 0.6 is 0 Å². The number of allylic oxidation sites excluding steroid dienone is 1. The molecule has 4 rings (SSSR count). The number of rotatable bonds is 6.